The van der Waals surface area contributed by atoms with Crippen molar-refractivity contribution < 1.29 is 8.83 Å². The zero-order chi connectivity index (χ0) is 42.2. The second kappa shape index (κ2) is 13.6. The summed E-state index contributed by atoms with van der Waals surface area (Å²) in [7, 11) is 63.7. The highest BCUT2D eigenvalue weighted by Gasteiger charge is 2.24. The summed E-state index contributed by atoms with van der Waals surface area (Å²) in [5.41, 5.74) is 6.54. The lowest BCUT2D eigenvalue weighted by Gasteiger charge is -2.22. The molecule has 0 bridgehead atoms. The molecule has 16 heteroatoms. The van der Waals surface area contributed by atoms with E-state index in [1.165, 1.54) is 0 Å². The number of hydrogen-bond acceptors (Lipinski definition) is 5. The average molecular weight is 753 g/mol. The summed E-state index contributed by atoms with van der Waals surface area (Å²) in [6, 6.07) is 32.3. The van der Waals surface area contributed by atoms with E-state index in [1.54, 1.807) is 0 Å². The van der Waals surface area contributed by atoms with E-state index < -0.39 is 0 Å². The van der Waals surface area contributed by atoms with Crippen LogP contribution in [0, 0.1) is 0 Å². The first kappa shape index (κ1) is 37.6. The molecule has 0 amide bonds. The first-order valence-corrected chi connectivity index (χ1v) is 19.0. The average Bonchev–Trinajstić information content (AvgIpc) is 3.95. The molecule has 20 radical (unpaired) electrons. The predicted octanol–water partition coefficient (Wildman–Crippen LogP) is -0.293. The van der Waals surface area contributed by atoms with Crippen LogP contribution in [0.3, 0.4) is 0 Å². The third kappa shape index (κ3) is 5.33. The highest BCUT2D eigenvalue weighted by Crippen LogP contribution is 2.42. The van der Waals surface area contributed by atoms with Crippen molar-refractivity contribution in [1.82, 2.24) is 19.5 Å². The molecule has 0 fully saturated rings. The molecule has 4 heterocycles. The third-order valence-electron chi connectivity index (χ3n) is 11.6. The van der Waals surface area contributed by atoms with Gasteiger partial charge in [-0.2, -0.15) is 0 Å². The number of aromatic nitrogens is 4. The number of rotatable bonds is 4. The smallest absolute Gasteiger partial charge is 0.164 e. The molecule has 6 nitrogen and oxygen atoms in total. The van der Waals surface area contributed by atoms with E-state index in [9.17, 15) is 0 Å². The van der Waals surface area contributed by atoms with Gasteiger partial charge in [0.1, 0.15) is 95.2 Å². The summed E-state index contributed by atoms with van der Waals surface area (Å²) < 4.78 is 15.4. The van der Waals surface area contributed by atoms with E-state index in [2.05, 4.69) is 34.9 Å². The maximum Gasteiger partial charge on any atom is 0.164 e. The number of hydrogen-bond donors (Lipinski definition) is 0. The van der Waals surface area contributed by atoms with Crippen LogP contribution in [0.25, 0.3) is 106 Å². The highest BCUT2D eigenvalue weighted by atomic mass is 16.3. The molecule has 0 saturated carbocycles. The van der Waals surface area contributed by atoms with Crippen LogP contribution in [0.4, 0.5) is 0 Å². The van der Waals surface area contributed by atoms with Crippen molar-refractivity contribution in [3.05, 3.63) is 97.1 Å². The second-order valence-electron chi connectivity index (χ2n) is 14.9. The number of benzene rings is 7. The van der Waals surface area contributed by atoms with Crippen LogP contribution >= 0.6 is 0 Å². The van der Waals surface area contributed by atoms with Crippen LogP contribution in [0.2, 0.25) is 0 Å². The monoisotopic (exact) mass is 754 g/mol. The third-order valence-corrected chi connectivity index (χ3v) is 11.6. The number of nitrogens with zero attached hydrogens (tertiary/aromatic N) is 4. The fraction of sp³-hybridized carbons (Fsp3) is 0. The van der Waals surface area contributed by atoms with Gasteiger partial charge in [-0.25, -0.2) is 15.0 Å². The molecule has 0 aliphatic rings. The van der Waals surface area contributed by atoms with Gasteiger partial charge in [0.2, 0.25) is 0 Å². The van der Waals surface area contributed by atoms with Crippen molar-refractivity contribution in [3.63, 3.8) is 0 Å². The minimum Gasteiger partial charge on any atom is -0.456 e. The fourth-order valence-electron chi connectivity index (χ4n) is 8.54. The SMILES string of the molecule is [B]c1c([B])c([B])c(-c2nc(-c3c([B])c([B])c([B])c([B])c3[B])nc(-c3cccc4oc5cc(-n6c7ccccc7c7ccc8c9ccccc9oc8c76)ccc5c34)n2)c([B])c1[B]. The van der Waals surface area contributed by atoms with Crippen LogP contribution in [0.15, 0.2) is 106 Å². The fourth-order valence-corrected chi connectivity index (χ4v) is 8.54. The van der Waals surface area contributed by atoms with Crippen molar-refractivity contribution in [2.24, 2.45) is 0 Å². The molecule has 0 unspecified atom stereocenters. The van der Waals surface area contributed by atoms with E-state index in [0.29, 0.717) is 22.1 Å². The minimum absolute atomic E-state index is 0.00322. The normalized spacial score (nSPS) is 11.9. The lowest BCUT2D eigenvalue weighted by Crippen LogP contribution is -2.55. The van der Waals surface area contributed by atoms with Crippen molar-refractivity contribution in [3.8, 4) is 39.9 Å². The molecule has 61 heavy (non-hydrogen) atoms. The van der Waals surface area contributed by atoms with Gasteiger partial charge in [-0.3, -0.25) is 0 Å². The van der Waals surface area contributed by atoms with Gasteiger partial charge in [0.15, 0.2) is 23.1 Å². The first-order chi connectivity index (χ1) is 29.4. The topological polar surface area (TPSA) is 69.9 Å². The van der Waals surface area contributed by atoms with E-state index in [4.69, 9.17) is 102 Å². The van der Waals surface area contributed by atoms with Gasteiger partial charge in [-0.1, -0.05) is 76.4 Å². The highest BCUT2D eigenvalue weighted by molar-refractivity contribution is 6.70. The van der Waals surface area contributed by atoms with Crippen molar-refractivity contribution in [1.29, 1.82) is 0 Å². The standard InChI is InChI=1S/C45H16B10N4O2/c46-31-29(32(47)36(51)39(54)35(31)50)44-56-43(57-45(58-44)30-33(48)37(52)40(55)38(53)34(30)49)23-8-5-11-26-28(23)22-13-12-17(16-27(22)60-26)59-24-9-3-1-6-18(24)20-14-15-21-19-7-2-4-10-25(19)61-42(21)41(20)59/h1-16H. The summed E-state index contributed by atoms with van der Waals surface area (Å²) in [5.74, 6) is 0.167. The van der Waals surface area contributed by atoms with E-state index >= 15 is 0 Å². The van der Waals surface area contributed by atoms with Crippen molar-refractivity contribution >= 4 is 199 Å². The molecule has 11 aromatic rings. The Labute approximate surface area is 362 Å². The van der Waals surface area contributed by atoms with Crippen molar-refractivity contribution in [2.45, 2.75) is 0 Å². The molecule has 0 aliphatic carbocycles. The Morgan fingerprint density at radius 1 is 0.393 bits per heavy atom. The predicted molar refractivity (Wildman–Crippen MR) is 259 cm³/mol. The van der Waals surface area contributed by atoms with Crippen LogP contribution < -0.4 is 54.6 Å². The molecular weight excluding hydrogens is 737 g/mol. The summed E-state index contributed by atoms with van der Waals surface area (Å²) >= 11 is 0. The van der Waals surface area contributed by atoms with Crippen LogP contribution in [-0.4, -0.2) is 98.0 Å². The van der Waals surface area contributed by atoms with E-state index in [-0.39, 0.29) is 83.2 Å². The van der Waals surface area contributed by atoms with Gasteiger partial charge >= 0.3 is 0 Å². The first-order valence-electron chi connectivity index (χ1n) is 19.0. The molecule has 0 aliphatic heterocycles. The maximum atomic E-state index is 6.63. The summed E-state index contributed by atoms with van der Waals surface area (Å²) in [6.45, 7) is 0. The molecule has 11 rings (SSSR count). The van der Waals surface area contributed by atoms with E-state index in [0.717, 1.165) is 54.8 Å². The Morgan fingerprint density at radius 3 is 1.57 bits per heavy atom. The molecule has 0 spiro atoms. The second-order valence-corrected chi connectivity index (χ2v) is 14.9. The van der Waals surface area contributed by atoms with Gasteiger partial charge in [-0.15, -0.1) is 32.8 Å². The Bertz CT molecular complexity index is 3600. The number of furan rings is 2. The minimum atomic E-state index is -0.00322. The van der Waals surface area contributed by atoms with Gasteiger partial charge in [0.05, 0.1) is 16.7 Å². The summed E-state index contributed by atoms with van der Waals surface area (Å²) in [5, 5.41) is 5.72. The molecule has 0 N–H and O–H groups in total. The largest absolute Gasteiger partial charge is 0.456 e. The molecule has 4 aromatic heterocycles. The van der Waals surface area contributed by atoms with E-state index in [1.807, 2.05) is 66.7 Å². The molecular formula is C45H16B10N4O2. The number of para-hydroxylation sites is 2. The molecule has 0 saturated heterocycles. The van der Waals surface area contributed by atoms with Crippen molar-refractivity contribution in [2.75, 3.05) is 0 Å². The van der Waals surface area contributed by atoms with Crippen LogP contribution in [0.5, 0.6) is 0 Å². The molecule has 258 valence electrons. The summed E-state index contributed by atoms with van der Waals surface area (Å²) in [6.07, 6.45) is 0. The lowest BCUT2D eigenvalue weighted by atomic mass is 9.60. The Balaban J connectivity index is 1.17. The molecule has 0 atom stereocenters. The lowest BCUT2D eigenvalue weighted by molar-refractivity contribution is 0.668. The Hall–Kier alpha value is -6.40. The summed E-state index contributed by atoms with van der Waals surface area (Å²) in [4.78, 5) is 14.6. The zero-order valence-corrected chi connectivity index (χ0v) is 32.1. The molecule has 7 aromatic carbocycles. The van der Waals surface area contributed by atoms with Gasteiger partial charge in [0, 0.05) is 55.1 Å². The van der Waals surface area contributed by atoms with Gasteiger partial charge in [-0.05, 0) is 36.4 Å². The Kier molecular flexibility index (Phi) is 8.35. The van der Waals surface area contributed by atoms with Gasteiger partial charge in [0.25, 0.3) is 0 Å². The quantitative estimate of drug-likeness (QED) is 0.232. The number of fused-ring (bicyclic) bond motifs is 10. The van der Waals surface area contributed by atoms with Crippen LogP contribution in [-0.2, 0) is 0 Å². The Morgan fingerprint density at radius 2 is 0.918 bits per heavy atom. The van der Waals surface area contributed by atoms with Crippen LogP contribution in [0.1, 0.15) is 0 Å². The zero-order valence-electron chi connectivity index (χ0n) is 32.1. The maximum absolute atomic E-state index is 6.63. The van der Waals surface area contributed by atoms with Gasteiger partial charge < -0.3 is 13.4 Å².